The molecule has 0 atom stereocenters. The van der Waals surface area contributed by atoms with Crippen LogP contribution in [0.4, 0.5) is 9.52 Å². The molecule has 2 rings (SSSR count). The molecule has 0 bridgehead atoms. The van der Waals surface area contributed by atoms with Gasteiger partial charge in [-0.3, -0.25) is 10.1 Å². The van der Waals surface area contributed by atoms with Crippen LogP contribution < -0.4 is 5.32 Å². The van der Waals surface area contributed by atoms with Gasteiger partial charge >= 0.3 is 0 Å². The fraction of sp³-hybridized carbons (Fsp3) is 0.182. The highest BCUT2D eigenvalue weighted by molar-refractivity contribution is 7.15. The minimum absolute atomic E-state index is 0.0409. The van der Waals surface area contributed by atoms with Crippen molar-refractivity contribution >= 4 is 34.0 Å². The molecule has 0 aliphatic carbocycles. The number of halogens is 2. The van der Waals surface area contributed by atoms with Crippen molar-refractivity contribution in [2.75, 3.05) is 12.4 Å². The van der Waals surface area contributed by atoms with Gasteiger partial charge in [0, 0.05) is 7.11 Å². The van der Waals surface area contributed by atoms with Crippen LogP contribution in [0.25, 0.3) is 0 Å². The molecule has 0 radical (unpaired) electrons. The average molecular weight is 302 g/mol. The summed E-state index contributed by atoms with van der Waals surface area (Å²) in [6.07, 6.45) is 0. The van der Waals surface area contributed by atoms with Crippen LogP contribution >= 0.6 is 22.9 Å². The molecule has 0 unspecified atom stereocenters. The molecule has 1 aromatic heterocycles. The van der Waals surface area contributed by atoms with Crippen molar-refractivity contribution < 1.29 is 13.9 Å². The molecule has 0 aliphatic rings. The monoisotopic (exact) mass is 301 g/mol. The lowest BCUT2D eigenvalue weighted by molar-refractivity contribution is 0.102. The molecule has 0 spiro atoms. The molecule has 2 aromatic rings. The van der Waals surface area contributed by atoms with E-state index in [4.69, 9.17) is 16.3 Å². The Morgan fingerprint density at radius 2 is 2.32 bits per heavy atom. The smallest absolute Gasteiger partial charge is 0.261 e. The predicted octanol–water partition coefficient (Wildman–Crippen LogP) is 2.73. The molecule has 100 valence electrons. The zero-order valence-corrected chi connectivity index (χ0v) is 11.4. The molecule has 0 saturated heterocycles. The number of ether oxygens (including phenoxy) is 1. The van der Waals surface area contributed by atoms with E-state index in [1.165, 1.54) is 19.2 Å². The lowest BCUT2D eigenvalue weighted by atomic mass is 10.2. The van der Waals surface area contributed by atoms with E-state index in [1.807, 2.05) is 0 Å². The SMILES string of the molecule is COCc1nnc(NC(=O)c2c(F)cccc2Cl)s1. The van der Waals surface area contributed by atoms with E-state index in [0.717, 1.165) is 17.4 Å². The van der Waals surface area contributed by atoms with Crippen molar-refractivity contribution in [3.8, 4) is 0 Å². The number of aromatic nitrogens is 2. The number of amides is 1. The maximum atomic E-state index is 13.5. The van der Waals surface area contributed by atoms with Gasteiger partial charge in [0.2, 0.25) is 5.13 Å². The molecule has 0 fully saturated rings. The van der Waals surface area contributed by atoms with Gasteiger partial charge in [-0.15, -0.1) is 10.2 Å². The normalized spacial score (nSPS) is 10.5. The van der Waals surface area contributed by atoms with E-state index in [0.29, 0.717) is 11.6 Å². The maximum absolute atomic E-state index is 13.5. The van der Waals surface area contributed by atoms with E-state index in [-0.39, 0.29) is 15.7 Å². The zero-order valence-electron chi connectivity index (χ0n) is 9.81. The second-order valence-corrected chi connectivity index (χ2v) is 4.95. The first-order valence-electron chi connectivity index (χ1n) is 5.18. The minimum atomic E-state index is -0.688. The Kier molecular flexibility index (Phi) is 4.41. The highest BCUT2D eigenvalue weighted by Crippen LogP contribution is 2.22. The summed E-state index contributed by atoms with van der Waals surface area (Å²) in [6, 6.07) is 4.03. The second-order valence-electron chi connectivity index (χ2n) is 3.48. The van der Waals surface area contributed by atoms with Crippen molar-refractivity contribution in [2.45, 2.75) is 6.61 Å². The summed E-state index contributed by atoms with van der Waals surface area (Å²) < 4.78 is 18.4. The van der Waals surface area contributed by atoms with Gasteiger partial charge in [0.25, 0.3) is 5.91 Å². The fourth-order valence-corrected chi connectivity index (χ4v) is 2.32. The zero-order chi connectivity index (χ0) is 13.8. The van der Waals surface area contributed by atoms with Crippen molar-refractivity contribution in [1.82, 2.24) is 10.2 Å². The Bertz CT molecular complexity index is 585. The number of carbonyl (C=O) groups is 1. The van der Waals surface area contributed by atoms with E-state index >= 15 is 0 Å². The predicted molar refractivity (Wildman–Crippen MR) is 70.0 cm³/mol. The first-order valence-corrected chi connectivity index (χ1v) is 6.38. The van der Waals surface area contributed by atoms with Gasteiger partial charge in [0.15, 0.2) is 0 Å². The molecule has 1 N–H and O–H groups in total. The van der Waals surface area contributed by atoms with E-state index < -0.39 is 11.7 Å². The highest BCUT2D eigenvalue weighted by Gasteiger charge is 2.17. The molecular formula is C11H9ClFN3O2S. The third-order valence-electron chi connectivity index (χ3n) is 2.14. The summed E-state index contributed by atoms with van der Waals surface area (Å²) in [5.41, 5.74) is -0.215. The summed E-state index contributed by atoms with van der Waals surface area (Å²) in [4.78, 5) is 11.9. The number of rotatable bonds is 4. The van der Waals surface area contributed by atoms with Gasteiger partial charge in [0.1, 0.15) is 17.4 Å². The molecule has 0 aliphatic heterocycles. The average Bonchev–Trinajstić information content (AvgIpc) is 2.77. The molecule has 5 nitrogen and oxygen atoms in total. The quantitative estimate of drug-likeness (QED) is 0.943. The number of nitrogens with one attached hydrogen (secondary N) is 1. The number of methoxy groups -OCH3 is 1. The Labute approximate surface area is 117 Å². The molecule has 19 heavy (non-hydrogen) atoms. The van der Waals surface area contributed by atoms with E-state index in [1.54, 1.807) is 0 Å². The third kappa shape index (κ3) is 3.25. The molecular weight excluding hydrogens is 293 g/mol. The highest BCUT2D eigenvalue weighted by atomic mass is 35.5. The molecule has 1 amide bonds. The molecule has 8 heteroatoms. The van der Waals surface area contributed by atoms with Crippen LogP contribution in [0.2, 0.25) is 5.02 Å². The van der Waals surface area contributed by atoms with Crippen LogP contribution in [0.1, 0.15) is 15.4 Å². The summed E-state index contributed by atoms with van der Waals surface area (Å²) in [5, 5.41) is 10.9. The topological polar surface area (TPSA) is 64.1 Å². The number of carbonyl (C=O) groups excluding carboxylic acids is 1. The van der Waals surface area contributed by atoms with Crippen molar-refractivity contribution in [1.29, 1.82) is 0 Å². The van der Waals surface area contributed by atoms with Gasteiger partial charge in [-0.2, -0.15) is 0 Å². The number of benzene rings is 1. The van der Waals surface area contributed by atoms with Gasteiger partial charge in [0.05, 0.1) is 10.6 Å². The van der Waals surface area contributed by atoms with Crippen LogP contribution in [0, 0.1) is 5.82 Å². The first kappa shape index (κ1) is 13.9. The summed E-state index contributed by atoms with van der Waals surface area (Å²) >= 11 is 6.94. The summed E-state index contributed by atoms with van der Waals surface area (Å²) in [6.45, 7) is 0.300. The van der Waals surface area contributed by atoms with Crippen LogP contribution in [-0.2, 0) is 11.3 Å². The number of hydrogen-bond acceptors (Lipinski definition) is 5. The lowest BCUT2D eigenvalue weighted by Gasteiger charge is -2.04. The summed E-state index contributed by atoms with van der Waals surface area (Å²) in [5.74, 6) is -1.35. The Morgan fingerprint density at radius 3 is 3.00 bits per heavy atom. The van der Waals surface area contributed by atoms with Crippen LogP contribution in [0.15, 0.2) is 18.2 Å². The van der Waals surface area contributed by atoms with Gasteiger partial charge in [-0.25, -0.2) is 4.39 Å². The fourth-order valence-electron chi connectivity index (χ4n) is 1.36. The summed E-state index contributed by atoms with van der Waals surface area (Å²) in [7, 11) is 1.53. The molecule has 1 heterocycles. The molecule has 1 aromatic carbocycles. The van der Waals surface area contributed by atoms with Gasteiger partial charge in [-0.1, -0.05) is 29.0 Å². The van der Waals surface area contributed by atoms with Crippen LogP contribution in [0.3, 0.4) is 0 Å². The van der Waals surface area contributed by atoms with Crippen molar-refractivity contribution in [2.24, 2.45) is 0 Å². The lowest BCUT2D eigenvalue weighted by Crippen LogP contribution is -2.14. The second kappa shape index (κ2) is 6.05. The minimum Gasteiger partial charge on any atom is -0.377 e. The third-order valence-corrected chi connectivity index (χ3v) is 3.27. The Morgan fingerprint density at radius 1 is 1.53 bits per heavy atom. The van der Waals surface area contributed by atoms with Crippen molar-refractivity contribution in [3.05, 3.63) is 39.6 Å². The van der Waals surface area contributed by atoms with Gasteiger partial charge in [-0.05, 0) is 12.1 Å². The maximum Gasteiger partial charge on any atom is 0.261 e. The van der Waals surface area contributed by atoms with E-state index in [2.05, 4.69) is 15.5 Å². The standard InChI is InChI=1S/C11H9ClFN3O2S/c1-18-5-8-15-16-11(19-8)14-10(17)9-6(12)3-2-4-7(9)13/h2-4H,5H2,1H3,(H,14,16,17). The van der Waals surface area contributed by atoms with Crippen molar-refractivity contribution in [3.63, 3.8) is 0 Å². The number of nitrogens with zero attached hydrogens (tertiary/aromatic N) is 2. The Balaban J connectivity index is 2.16. The number of anilines is 1. The first-order chi connectivity index (χ1) is 9.11. The number of hydrogen-bond donors (Lipinski definition) is 1. The Hall–Kier alpha value is -1.57. The van der Waals surface area contributed by atoms with E-state index in [9.17, 15) is 9.18 Å². The largest absolute Gasteiger partial charge is 0.377 e. The van der Waals surface area contributed by atoms with Crippen LogP contribution in [-0.4, -0.2) is 23.2 Å². The van der Waals surface area contributed by atoms with Crippen LogP contribution in [0.5, 0.6) is 0 Å². The van der Waals surface area contributed by atoms with Gasteiger partial charge < -0.3 is 4.74 Å². The molecule has 0 saturated carbocycles.